The van der Waals surface area contributed by atoms with Crippen LogP contribution in [-0.2, 0) is 6.42 Å². The minimum atomic E-state index is 0.898. The Morgan fingerprint density at radius 2 is 1.77 bits per heavy atom. The third-order valence-corrected chi connectivity index (χ3v) is 5.64. The molecule has 0 fully saturated rings. The van der Waals surface area contributed by atoms with Crippen molar-refractivity contribution in [3.8, 4) is 16.3 Å². The molecule has 0 atom stereocenters. The minimum Gasteiger partial charge on any atom is -0.236 e. The molecule has 0 saturated carbocycles. The van der Waals surface area contributed by atoms with Crippen LogP contribution in [0.1, 0.15) is 12.5 Å². The second-order valence-corrected chi connectivity index (χ2v) is 7.24. The fourth-order valence-electron chi connectivity index (χ4n) is 3.12. The number of rotatable bonds is 3. The molecule has 2 aromatic heterocycles. The summed E-state index contributed by atoms with van der Waals surface area (Å²) < 4.78 is 3.11. The molecule has 0 aliphatic carbocycles. The van der Waals surface area contributed by atoms with Crippen LogP contribution in [0, 0.1) is 0 Å². The van der Waals surface area contributed by atoms with Crippen molar-refractivity contribution < 1.29 is 0 Å². The molecule has 5 heteroatoms. The van der Waals surface area contributed by atoms with Crippen LogP contribution in [0.25, 0.3) is 37.5 Å². The van der Waals surface area contributed by atoms with Crippen LogP contribution in [0.4, 0.5) is 0 Å². The van der Waals surface area contributed by atoms with Crippen molar-refractivity contribution >= 4 is 32.6 Å². The van der Waals surface area contributed by atoms with Crippen molar-refractivity contribution in [1.29, 1.82) is 0 Å². The third-order valence-electron chi connectivity index (χ3n) is 4.57. The van der Waals surface area contributed by atoms with Gasteiger partial charge >= 0.3 is 0 Å². The smallest absolute Gasteiger partial charge is 0.124 e. The minimum absolute atomic E-state index is 0.898. The van der Waals surface area contributed by atoms with Gasteiger partial charge in [-0.15, -0.1) is 16.4 Å². The number of para-hydroxylation sites is 1. The Kier molecular flexibility index (Phi) is 3.53. The normalized spacial score (nSPS) is 11.4. The molecule has 26 heavy (non-hydrogen) atoms. The van der Waals surface area contributed by atoms with E-state index in [1.807, 2.05) is 28.9 Å². The number of aromatic nitrogens is 4. The highest BCUT2D eigenvalue weighted by Crippen LogP contribution is 2.31. The molecule has 0 aliphatic heterocycles. The Hall–Kier alpha value is -3.05. The number of fused-ring (bicyclic) bond motifs is 2. The van der Waals surface area contributed by atoms with Crippen LogP contribution in [-0.4, -0.2) is 20.0 Å². The van der Waals surface area contributed by atoms with Crippen molar-refractivity contribution in [1.82, 2.24) is 20.0 Å². The lowest BCUT2D eigenvalue weighted by atomic mass is 10.2. The zero-order valence-corrected chi connectivity index (χ0v) is 15.1. The average Bonchev–Trinajstić information content (AvgIpc) is 3.31. The Morgan fingerprint density at radius 1 is 0.923 bits per heavy atom. The van der Waals surface area contributed by atoms with Crippen LogP contribution >= 0.6 is 11.3 Å². The number of hydrogen-bond donors (Lipinski definition) is 0. The van der Waals surface area contributed by atoms with Gasteiger partial charge in [0.1, 0.15) is 10.5 Å². The topological polar surface area (TPSA) is 43.6 Å². The van der Waals surface area contributed by atoms with Gasteiger partial charge in [0.15, 0.2) is 0 Å². The van der Waals surface area contributed by atoms with Gasteiger partial charge in [-0.1, -0.05) is 30.3 Å². The maximum Gasteiger partial charge on any atom is 0.124 e. The Balaban J connectivity index is 1.53. The first kappa shape index (κ1) is 15.2. The van der Waals surface area contributed by atoms with Gasteiger partial charge in [0.05, 0.1) is 21.4 Å². The van der Waals surface area contributed by atoms with E-state index >= 15 is 0 Å². The van der Waals surface area contributed by atoms with Crippen LogP contribution in [0.3, 0.4) is 0 Å². The number of nitrogens with zero attached hydrogens (tertiary/aromatic N) is 4. The zero-order valence-electron chi connectivity index (χ0n) is 14.3. The SMILES string of the molecule is CCc1ccc2nc(-c3ccc(-n4nnc5ccccc54)cc3)sc2c1. The second-order valence-electron chi connectivity index (χ2n) is 6.21. The van der Waals surface area contributed by atoms with E-state index in [1.165, 1.54) is 10.3 Å². The summed E-state index contributed by atoms with van der Waals surface area (Å²) in [4.78, 5) is 4.78. The maximum atomic E-state index is 4.78. The van der Waals surface area contributed by atoms with Gasteiger partial charge in [-0.25, -0.2) is 9.67 Å². The molecule has 3 aromatic carbocycles. The molecule has 2 heterocycles. The quantitative estimate of drug-likeness (QED) is 0.443. The van der Waals surface area contributed by atoms with Crippen molar-refractivity contribution in [3.63, 3.8) is 0 Å². The zero-order chi connectivity index (χ0) is 17.5. The number of benzene rings is 3. The third kappa shape index (κ3) is 2.48. The number of aryl methyl sites for hydroxylation is 1. The molecular weight excluding hydrogens is 340 g/mol. The Bertz CT molecular complexity index is 1220. The molecule has 4 nitrogen and oxygen atoms in total. The first-order valence-electron chi connectivity index (χ1n) is 8.62. The average molecular weight is 356 g/mol. The molecule has 0 saturated heterocycles. The van der Waals surface area contributed by atoms with E-state index in [9.17, 15) is 0 Å². The molecule has 0 radical (unpaired) electrons. The van der Waals surface area contributed by atoms with E-state index in [-0.39, 0.29) is 0 Å². The standard InChI is InChI=1S/C21H16N4S/c1-2-14-7-12-18-20(13-14)26-21(22-18)15-8-10-16(11-9-15)25-19-6-4-3-5-17(19)23-24-25/h3-13H,2H2,1H3. The van der Waals surface area contributed by atoms with E-state index < -0.39 is 0 Å². The van der Waals surface area contributed by atoms with Gasteiger partial charge in [0.25, 0.3) is 0 Å². The lowest BCUT2D eigenvalue weighted by molar-refractivity contribution is 0.824. The predicted octanol–water partition coefficient (Wildman–Crippen LogP) is 5.26. The molecule has 0 N–H and O–H groups in total. The molecule has 0 amide bonds. The van der Waals surface area contributed by atoms with Crippen LogP contribution in [0.5, 0.6) is 0 Å². The van der Waals surface area contributed by atoms with Gasteiger partial charge in [-0.3, -0.25) is 0 Å². The molecule has 0 unspecified atom stereocenters. The van der Waals surface area contributed by atoms with Gasteiger partial charge in [0.2, 0.25) is 0 Å². The highest BCUT2D eigenvalue weighted by molar-refractivity contribution is 7.21. The Labute approximate surface area is 154 Å². The summed E-state index contributed by atoms with van der Waals surface area (Å²) >= 11 is 1.74. The fraction of sp³-hybridized carbons (Fsp3) is 0.0952. The number of thiazole rings is 1. The van der Waals surface area contributed by atoms with Crippen LogP contribution < -0.4 is 0 Å². The monoisotopic (exact) mass is 356 g/mol. The molecule has 0 aliphatic rings. The highest BCUT2D eigenvalue weighted by Gasteiger charge is 2.09. The molecule has 5 rings (SSSR count). The molecule has 5 aromatic rings. The van der Waals surface area contributed by atoms with Crippen LogP contribution in [0.2, 0.25) is 0 Å². The second kappa shape index (κ2) is 6.04. The van der Waals surface area contributed by atoms with Gasteiger partial charge in [0, 0.05) is 5.56 Å². The number of hydrogen-bond acceptors (Lipinski definition) is 4. The van der Waals surface area contributed by atoms with Crippen molar-refractivity contribution in [2.45, 2.75) is 13.3 Å². The lowest BCUT2D eigenvalue weighted by Gasteiger charge is -2.03. The van der Waals surface area contributed by atoms with Crippen LogP contribution in [0.15, 0.2) is 66.7 Å². The largest absolute Gasteiger partial charge is 0.236 e. The van der Waals surface area contributed by atoms with Gasteiger partial charge in [-0.05, 0) is 60.5 Å². The van der Waals surface area contributed by atoms with Crippen molar-refractivity contribution in [3.05, 3.63) is 72.3 Å². The summed E-state index contributed by atoms with van der Waals surface area (Å²) in [6, 6.07) is 22.8. The summed E-state index contributed by atoms with van der Waals surface area (Å²) in [7, 11) is 0. The van der Waals surface area contributed by atoms with Gasteiger partial charge < -0.3 is 0 Å². The fourth-order valence-corrected chi connectivity index (χ4v) is 4.15. The van der Waals surface area contributed by atoms with E-state index in [0.29, 0.717) is 0 Å². The molecule has 0 spiro atoms. The van der Waals surface area contributed by atoms with E-state index in [0.717, 1.165) is 39.2 Å². The molecular formula is C21H16N4S. The summed E-state index contributed by atoms with van der Waals surface area (Å²) in [6.45, 7) is 2.18. The van der Waals surface area contributed by atoms with E-state index in [1.54, 1.807) is 11.3 Å². The van der Waals surface area contributed by atoms with E-state index in [2.05, 4.69) is 59.7 Å². The molecule has 0 bridgehead atoms. The van der Waals surface area contributed by atoms with Crippen molar-refractivity contribution in [2.24, 2.45) is 0 Å². The lowest BCUT2D eigenvalue weighted by Crippen LogP contribution is -1.96. The predicted molar refractivity (Wildman–Crippen MR) is 107 cm³/mol. The summed E-state index contributed by atoms with van der Waals surface area (Å²) in [6.07, 6.45) is 1.05. The summed E-state index contributed by atoms with van der Waals surface area (Å²) in [5.74, 6) is 0. The highest BCUT2D eigenvalue weighted by atomic mass is 32.1. The first-order chi connectivity index (χ1) is 12.8. The first-order valence-corrected chi connectivity index (χ1v) is 9.44. The Morgan fingerprint density at radius 3 is 2.62 bits per heavy atom. The van der Waals surface area contributed by atoms with Gasteiger partial charge in [-0.2, -0.15) is 0 Å². The van der Waals surface area contributed by atoms with Crippen molar-refractivity contribution in [2.75, 3.05) is 0 Å². The van der Waals surface area contributed by atoms with E-state index in [4.69, 9.17) is 4.98 Å². The summed E-state index contributed by atoms with van der Waals surface area (Å²) in [5, 5.41) is 9.54. The summed E-state index contributed by atoms with van der Waals surface area (Å²) in [5.41, 5.74) is 6.44. The maximum absolute atomic E-state index is 4.78. The molecule has 126 valence electrons.